The number of carbonyl (C=O) groups is 1. The molecule has 0 bridgehead atoms. The molecular formula is C11H12ClN3O2. The zero-order valence-corrected chi connectivity index (χ0v) is 10.2. The first-order chi connectivity index (χ1) is 8.06. The third-order valence-corrected chi connectivity index (χ3v) is 2.27. The molecule has 90 valence electrons. The Morgan fingerprint density at radius 2 is 2.29 bits per heavy atom. The molecule has 17 heavy (non-hydrogen) atoms. The van der Waals surface area contributed by atoms with Crippen LogP contribution in [0.5, 0.6) is 0 Å². The van der Waals surface area contributed by atoms with Crippen LogP contribution >= 0.6 is 11.6 Å². The third kappa shape index (κ3) is 2.68. The molecule has 0 aliphatic carbocycles. The molecule has 0 aromatic carbocycles. The van der Waals surface area contributed by atoms with Crippen molar-refractivity contribution >= 4 is 29.5 Å². The van der Waals surface area contributed by atoms with E-state index in [1.165, 1.54) is 0 Å². The van der Waals surface area contributed by atoms with Gasteiger partial charge in [0.25, 0.3) is 5.91 Å². The second kappa shape index (κ2) is 4.63. The number of aromatic amines is 1. The Labute approximate surface area is 103 Å². The molecule has 0 saturated heterocycles. The Morgan fingerprint density at radius 3 is 2.88 bits per heavy atom. The molecule has 0 radical (unpaired) electrons. The zero-order chi connectivity index (χ0) is 12.4. The average Bonchev–Trinajstić information content (AvgIpc) is 2.78. The average molecular weight is 254 g/mol. The molecule has 5 nitrogen and oxygen atoms in total. The van der Waals surface area contributed by atoms with Crippen LogP contribution in [0.15, 0.2) is 22.9 Å². The monoisotopic (exact) mass is 253 g/mol. The van der Waals surface area contributed by atoms with Gasteiger partial charge in [0.2, 0.25) is 5.90 Å². The maximum absolute atomic E-state index is 11.6. The predicted molar refractivity (Wildman–Crippen MR) is 65.6 cm³/mol. The lowest BCUT2D eigenvalue weighted by Crippen LogP contribution is -2.16. The molecule has 1 aromatic rings. The minimum atomic E-state index is -0.286. The molecule has 1 aliphatic rings. The van der Waals surface area contributed by atoms with Gasteiger partial charge in [-0.15, -0.1) is 5.10 Å². The molecular weight excluding hydrogens is 242 g/mol. The van der Waals surface area contributed by atoms with Gasteiger partial charge < -0.3 is 9.72 Å². The molecule has 1 aliphatic heterocycles. The van der Waals surface area contributed by atoms with Gasteiger partial charge in [0.05, 0.1) is 11.1 Å². The van der Waals surface area contributed by atoms with Crippen molar-refractivity contribution in [2.24, 2.45) is 5.10 Å². The number of ether oxygens (including phenoxy) is 1. The lowest BCUT2D eigenvalue weighted by Gasteiger charge is -2.08. The highest BCUT2D eigenvalue weighted by atomic mass is 35.5. The number of hydrogen-bond donors (Lipinski definition) is 2. The van der Waals surface area contributed by atoms with E-state index >= 15 is 0 Å². The highest BCUT2D eigenvalue weighted by Crippen LogP contribution is 2.16. The van der Waals surface area contributed by atoms with Crippen LogP contribution in [0.25, 0.3) is 6.08 Å². The van der Waals surface area contributed by atoms with Gasteiger partial charge >= 0.3 is 0 Å². The number of hydrogen-bond acceptors (Lipinski definition) is 3. The largest absolute Gasteiger partial charge is 0.473 e. The topological polar surface area (TPSA) is 66.5 Å². The van der Waals surface area contributed by atoms with E-state index < -0.39 is 0 Å². The van der Waals surface area contributed by atoms with Crippen molar-refractivity contribution in [2.45, 2.75) is 20.0 Å². The normalized spacial score (nSPS) is 17.5. The number of carbonyl (C=O) groups excluding carboxylic acids is 1. The number of halogens is 1. The van der Waals surface area contributed by atoms with Crippen LogP contribution in [-0.4, -0.2) is 22.9 Å². The fourth-order valence-corrected chi connectivity index (χ4v) is 1.55. The number of nitrogens with one attached hydrogen (secondary N) is 2. The zero-order valence-electron chi connectivity index (χ0n) is 9.45. The molecule has 6 heteroatoms. The number of rotatable bonds is 2. The second-order valence-electron chi connectivity index (χ2n) is 3.86. The SMILES string of the molecule is CC(C)OC1=NNC(=O)C1=Cc1cc(Cl)c[nH]1. The fraction of sp³-hybridized carbons (Fsp3) is 0.273. The van der Waals surface area contributed by atoms with E-state index in [-0.39, 0.29) is 12.0 Å². The van der Waals surface area contributed by atoms with E-state index in [0.717, 1.165) is 5.69 Å². The van der Waals surface area contributed by atoms with Crippen molar-refractivity contribution in [3.05, 3.63) is 28.6 Å². The van der Waals surface area contributed by atoms with Crippen molar-refractivity contribution < 1.29 is 9.53 Å². The van der Waals surface area contributed by atoms with E-state index in [0.29, 0.717) is 16.5 Å². The molecule has 2 N–H and O–H groups in total. The Morgan fingerprint density at radius 1 is 1.53 bits per heavy atom. The maximum atomic E-state index is 11.6. The maximum Gasteiger partial charge on any atom is 0.277 e. The summed E-state index contributed by atoms with van der Waals surface area (Å²) in [4.78, 5) is 14.5. The Bertz CT molecular complexity index is 503. The number of aromatic nitrogens is 1. The van der Waals surface area contributed by atoms with Gasteiger partial charge in [0, 0.05) is 11.9 Å². The number of hydrazone groups is 1. The number of nitrogens with zero attached hydrogens (tertiary/aromatic N) is 1. The van der Waals surface area contributed by atoms with E-state index in [1.807, 2.05) is 13.8 Å². The lowest BCUT2D eigenvalue weighted by atomic mass is 10.2. The molecule has 1 amide bonds. The second-order valence-corrected chi connectivity index (χ2v) is 4.29. The van der Waals surface area contributed by atoms with Gasteiger partial charge in [-0.2, -0.15) is 0 Å². The van der Waals surface area contributed by atoms with Crippen LogP contribution in [0.1, 0.15) is 19.5 Å². The summed E-state index contributed by atoms with van der Waals surface area (Å²) in [5.41, 5.74) is 3.47. The molecule has 2 rings (SSSR count). The summed E-state index contributed by atoms with van der Waals surface area (Å²) >= 11 is 5.78. The summed E-state index contributed by atoms with van der Waals surface area (Å²) in [5, 5.41) is 4.40. The highest BCUT2D eigenvalue weighted by molar-refractivity contribution is 6.30. The van der Waals surface area contributed by atoms with Crippen molar-refractivity contribution in [1.82, 2.24) is 10.4 Å². The summed E-state index contributed by atoms with van der Waals surface area (Å²) in [7, 11) is 0. The number of amides is 1. The van der Waals surface area contributed by atoms with Gasteiger partial charge in [0.1, 0.15) is 5.57 Å². The van der Waals surface area contributed by atoms with E-state index in [1.54, 1.807) is 18.3 Å². The van der Waals surface area contributed by atoms with Gasteiger partial charge in [-0.1, -0.05) is 11.6 Å². The molecule has 0 unspecified atom stereocenters. The van der Waals surface area contributed by atoms with Crippen molar-refractivity contribution in [3.8, 4) is 0 Å². The minimum Gasteiger partial charge on any atom is -0.473 e. The van der Waals surface area contributed by atoms with Gasteiger partial charge in [-0.3, -0.25) is 4.79 Å². The third-order valence-electron chi connectivity index (χ3n) is 2.05. The van der Waals surface area contributed by atoms with Crippen LogP contribution in [-0.2, 0) is 9.53 Å². The first kappa shape index (κ1) is 11.7. The van der Waals surface area contributed by atoms with Crippen LogP contribution in [0.3, 0.4) is 0 Å². The summed E-state index contributed by atoms with van der Waals surface area (Å²) in [6, 6.07) is 1.72. The smallest absolute Gasteiger partial charge is 0.277 e. The molecule has 1 aromatic heterocycles. The molecule has 0 atom stereocenters. The minimum absolute atomic E-state index is 0.0444. The van der Waals surface area contributed by atoms with Crippen LogP contribution in [0, 0.1) is 0 Å². The Kier molecular flexibility index (Phi) is 3.19. The van der Waals surface area contributed by atoms with Crippen LogP contribution in [0.4, 0.5) is 0 Å². The van der Waals surface area contributed by atoms with Gasteiger partial charge in [-0.05, 0) is 26.0 Å². The van der Waals surface area contributed by atoms with Crippen molar-refractivity contribution in [3.63, 3.8) is 0 Å². The quantitative estimate of drug-likeness (QED) is 0.791. The summed E-state index contributed by atoms with van der Waals surface area (Å²) in [5.74, 6) is 0.0158. The standard InChI is InChI=1S/C11H12ClN3O2/c1-6(2)17-11-9(10(16)14-15-11)4-8-3-7(12)5-13-8/h3-6,13H,1-2H3,(H,14,16). The van der Waals surface area contributed by atoms with Gasteiger partial charge in [-0.25, -0.2) is 5.43 Å². The first-order valence-corrected chi connectivity index (χ1v) is 5.54. The van der Waals surface area contributed by atoms with E-state index in [4.69, 9.17) is 16.3 Å². The van der Waals surface area contributed by atoms with E-state index in [2.05, 4.69) is 15.5 Å². The predicted octanol–water partition coefficient (Wildman–Crippen LogP) is 1.92. The van der Waals surface area contributed by atoms with E-state index in [9.17, 15) is 4.79 Å². The van der Waals surface area contributed by atoms with Crippen LogP contribution < -0.4 is 5.43 Å². The van der Waals surface area contributed by atoms with Crippen molar-refractivity contribution in [2.75, 3.05) is 0 Å². The molecule has 0 spiro atoms. The summed E-state index contributed by atoms with van der Waals surface area (Å²) in [6.07, 6.45) is 3.24. The molecule has 0 fully saturated rings. The number of H-pyrrole nitrogens is 1. The summed E-state index contributed by atoms with van der Waals surface area (Å²) < 4.78 is 5.42. The highest BCUT2D eigenvalue weighted by Gasteiger charge is 2.25. The van der Waals surface area contributed by atoms with Gasteiger partial charge in [0.15, 0.2) is 0 Å². The molecule has 0 saturated carbocycles. The van der Waals surface area contributed by atoms with Crippen LogP contribution in [0.2, 0.25) is 5.02 Å². The lowest BCUT2D eigenvalue weighted by molar-refractivity contribution is -0.116. The summed E-state index contributed by atoms with van der Waals surface area (Å²) in [6.45, 7) is 3.74. The Hall–Kier alpha value is -1.75. The Balaban J connectivity index is 2.26. The molecule has 2 heterocycles. The first-order valence-electron chi connectivity index (χ1n) is 5.17. The fourth-order valence-electron chi connectivity index (χ4n) is 1.38. The van der Waals surface area contributed by atoms with Crippen molar-refractivity contribution in [1.29, 1.82) is 0 Å².